The number of benzene rings is 1. The number of carbonyl (C=O) groups is 1. The monoisotopic (exact) mass is 332 g/mol. The summed E-state index contributed by atoms with van der Waals surface area (Å²) in [4.78, 5) is 12.5. The van der Waals surface area contributed by atoms with Gasteiger partial charge in [0.15, 0.2) is 0 Å². The highest BCUT2D eigenvalue weighted by Gasteiger charge is 2.15. The number of esters is 1. The lowest BCUT2D eigenvalue weighted by Crippen LogP contribution is -2.05. The van der Waals surface area contributed by atoms with Crippen LogP contribution in [0.1, 0.15) is 5.69 Å². The van der Waals surface area contributed by atoms with Crippen molar-refractivity contribution in [3.63, 3.8) is 0 Å². The van der Waals surface area contributed by atoms with Crippen molar-refractivity contribution in [2.75, 3.05) is 7.11 Å². The average Bonchev–Trinajstić information content (AvgIpc) is 3.14. The number of rotatable bonds is 4. The zero-order valence-electron chi connectivity index (χ0n) is 11.8. The number of hydrogen-bond donors (Lipinski definition) is 0. The molecule has 6 heteroatoms. The summed E-state index contributed by atoms with van der Waals surface area (Å²) in [7, 11) is 1.37. The number of nitrogens with zero attached hydrogens (tertiary/aromatic N) is 2. The summed E-state index contributed by atoms with van der Waals surface area (Å²) in [5.74, 6) is -0.312. The molecule has 0 bridgehead atoms. The maximum absolute atomic E-state index is 11.5. The molecule has 0 aliphatic rings. The van der Waals surface area contributed by atoms with Gasteiger partial charge in [-0.25, -0.2) is 4.68 Å². The summed E-state index contributed by atoms with van der Waals surface area (Å²) < 4.78 is 7.25. The zero-order valence-corrected chi connectivity index (χ0v) is 13.4. The number of ether oxygens (including phenoxy) is 1. The van der Waals surface area contributed by atoms with Crippen LogP contribution in [-0.2, 0) is 16.0 Å². The molecule has 0 aliphatic carbocycles. The molecule has 112 valence electrons. The van der Waals surface area contributed by atoms with Gasteiger partial charge in [-0.15, -0.1) is 11.3 Å². The van der Waals surface area contributed by atoms with Crippen molar-refractivity contribution in [2.24, 2.45) is 0 Å². The Morgan fingerprint density at radius 2 is 2.05 bits per heavy atom. The van der Waals surface area contributed by atoms with Gasteiger partial charge in [0, 0.05) is 0 Å². The Morgan fingerprint density at radius 3 is 2.68 bits per heavy atom. The minimum atomic E-state index is -0.312. The van der Waals surface area contributed by atoms with Gasteiger partial charge in [0.25, 0.3) is 0 Å². The van der Waals surface area contributed by atoms with E-state index in [1.807, 2.05) is 53.2 Å². The van der Waals surface area contributed by atoms with Crippen LogP contribution in [0.15, 0.2) is 48.5 Å². The van der Waals surface area contributed by atoms with Crippen LogP contribution in [0.3, 0.4) is 0 Å². The quantitative estimate of drug-likeness (QED) is 0.679. The number of thiophene rings is 1. The first-order chi connectivity index (χ1) is 10.7. The van der Waals surface area contributed by atoms with Gasteiger partial charge in [-0.3, -0.25) is 4.79 Å². The van der Waals surface area contributed by atoms with E-state index in [-0.39, 0.29) is 12.4 Å². The largest absolute Gasteiger partial charge is 0.469 e. The Bertz CT molecular complexity index is 796. The molecule has 2 heterocycles. The molecule has 0 radical (unpaired) electrons. The third-order valence-electron chi connectivity index (χ3n) is 3.14. The van der Waals surface area contributed by atoms with Crippen molar-refractivity contribution in [3.8, 4) is 16.3 Å². The third-order valence-corrected chi connectivity index (χ3v) is 4.39. The van der Waals surface area contributed by atoms with E-state index in [1.54, 1.807) is 0 Å². The van der Waals surface area contributed by atoms with Gasteiger partial charge in [0.05, 0.1) is 39.8 Å². The molecule has 3 aromatic rings. The van der Waals surface area contributed by atoms with Crippen LogP contribution in [0.25, 0.3) is 16.3 Å². The summed E-state index contributed by atoms with van der Waals surface area (Å²) in [6.45, 7) is 0. The lowest BCUT2D eigenvalue weighted by molar-refractivity contribution is -0.139. The Hall–Kier alpha value is -2.11. The molecule has 2 aromatic heterocycles. The maximum atomic E-state index is 11.5. The van der Waals surface area contributed by atoms with Gasteiger partial charge < -0.3 is 4.74 Å². The molecule has 0 aliphatic heterocycles. The van der Waals surface area contributed by atoms with Crippen LogP contribution in [0.2, 0.25) is 4.34 Å². The predicted octanol–water partition coefficient (Wildman–Crippen LogP) is 3.97. The summed E-state index contributed by atoms with van der Waals surface area (Å²) in [6, 6.07) is 15.5. The zero-order chi connectivity index (χ0) is 15.5. The van der Waals surface area contributed by atoms with Crippen LogP contribution in [0.4, 0.5) is 0 Å². The van der Waals surface area contributed by atoms with Gasteiger partial charge in [0.1, 0.15) is 0 Å². The molecule has 0 amide bonds. The second-order valence-electron chi connectivity index (χ2n) is 4.62. The van der Waals surface area contributed by atoms with E-state index >= 15 is 0 Å². The van der Waals surface area contributed by atoms with Crippen molar-refractivity contribution in [1.29, 1.82) is 0 Å². The Balaban J connectivity index is 2.08. The highest BCUT2D eigenvalue weighted by Crippen LogP contribution is 2.32. The summed E-state index contributed by atoms with van der Waals surface area (Å²) >= 11 is 7.51. The van der Waals surface area contributed by atoms with Gasteiger partial charge in [-0.05, 0) is 30.3 Å². The molecule has 4 nitrogen and oxygen atoms in total. The normalized spacial score (nSPS) is 10.6. The summed E-state index contributed by atoms with van der Waals surface area (Å²) in [6.07, 6.45) is 0.141. The second-order valence-corrected chi connectivity index (χ2v) is 6.34. The molecule has 3 rings (SSSR count). The average molecular weight is 333 g/mol. The molecule has 22 heavy (non-hydrogen) atoms. The van der Waals surface area contributed by atoms with Crippen molar-refractivity contribution in [1.82, 2.24) is 9.78 Å². The van der Waals surface area contributed by atoms with E-state index in [2.05, 4.69) is 5.10 Å². The lowest BCUT2D eigenvalue weighted by atomic mass is 10.2. The van der Waals surface area contributed by atoms with Gasteiger partial charge >= 0.3 is 5.97 Å². The van der Waals surface area contributed by atoms with Crippen molar-refractivity contribution < 1.29 is 9.53 Å². The van der Waals surface area contributed by atoms with Crippen molar-refractivity contribution in [2.45, 2.75) is 6.42 Å². The molecule has 0 fully saturated rings. The van der Waals surface area contributed by atoms with Crippen LogP contribution < -0.4 is 0 Å². The SMILES string of the molecule is COC(=O)Cc1cc(-c2ccc(Cl)s2)n(-c2ccccc2)n1. The second kappa shape index (κ2) is 6.34. The lowest BCUT2D eigenvalue weighted by Gasteiger charge is -2.05. The number of carbonyl (C=O) groups excluding carboxylic acids is 1. The topological polar surface area (TPSA) is 44.1 Å². The smallest absolute Gasteiger partial charge is 0.311 e. The first kappa shape index (κ1) is 14.8. The Labute approximate surface area is 136 Å². The van der Waals surface area contributed by atoms with E-state index in [0.717, 1.165) is 16.3 Å². The molecular formula is C16H13ClN2O2S. The molecule has 0 N–H and O–H groups in total. The Kier molecular flexibility index (Phi) is 4.27. The fourth-order valence-electron chi connectivity index (χ4n) is 2.13. The fraction of sp³-hybridized carbons (Fsp3) is 0.125. The van der Waals surface area contributed by atoms with Crippen molar-refractivity contribution >= 4 is 28.9 Å². The predicted molar refractivity (Wildman–Crippen MR) is 87.6 cm³/mol. The Morgan fingerprint density at radius 1 is 1.27 bits per heavy atom. The van der Waals surface area contributed by atoms with Gasteiger partial charge in [0.2, 0.25) is 0 Å². The van der Waals surface area contributed by atoms with Gasteiger partial charge in [-0.1, -0.05) is 29.8 Å². The summed E-state index contributed by atoms with van der Waals surface area (Å²) in [5, 5.41) is 4.53. The minimum Gasteiger partial charge on any atom is -0.469 e. The van der Waals surface area contributed by atoms with E-state index in [0.29, 0.717) is 10.0 Å². The standard InChI is InChI=1S/C16H13ClN2O2S/c1-21-16(20)10-11-9-13(14-7-8-15(17)22-14)19(18-11)12-5-3-2-4-6-12/h2-9H,10H2,1H3. The third kappa shape index (κ3) is 3.05. The van der Waals surface area contributed by atoms with E-state index < -0.39 is 0 Å². The van der Waals surface area contributed by atoms with Crippen LogP contribution in [-0.4, -0.2) is 22.9 Å². The fourth-order valence-corrected chi connectivity index (χ4v) is 3.17. The van der Waals surface area contributed by atoms with Crippen LogP contribution >= 0.6 is 22.9 Å². The summed E-state index contributed by atoms with van der Waals surface area (Å²) in [5.41, 5.74) is 2.50. The maximum Gasteiger partial charge on any atom is 0.311 e. The minimum absolute atomic E-state index is 0.141. The first-order valence-corrected chi connectivity index (χ1v) is 7.83. The molecule has 0 unspecified atom stereocenters. The van der Waals surface area contributed by atoms with Gasteiger partial charge in [-0.2, -0.15) is 5.10 Å². The molecule has 1 aromatic carbocycles. The van der Waals surface area contributed by atoms with Crippen molar-refractivity contribution in [3.05, 3.63) is 58.6 Å². The molecular weight excluding hydrogens is 320 g/mol. The molecule has 0 atom stereocenters. The highest BCUT2D eigenvalue weighted by molar-refractivity contribution is 7.19. The number of halogens is 1. The molecule has 0 spiro atoms. The number of hydrogen-bond acceptors (Lipinski definition) is 4. The van der Waals surface area contributed by atoms with Crippen LogP contribution in [0, 0.1) is 0 Å². The molecule has 0 saturated heterocycles. The highest BCUT2D eigenvalue weighted by atomic mass is 35.5. The van der Waals surface area contributed by atoms with E-state index in [1.165, 1.54) is 18.4 Å². The number of para-hydroxylation sites is 1. The van der Waals surface area contributed by atoms with Crippen LogP contribution in [0.5, 0.6) is 0 Å². The number of methoxy groups -OCH3 is 1. The first-order valence-electron chi connectivity index (χ1n) is 6.64. The molecule has 0 saturated carbocycles. The van der Waals surface area contributed by atoms with E-state index in [9.17, 15) is 4.79 Å². The van der Waals surface area contributed by atoms with E-state index in [4.69, 9.17) is 16.3 Å². The number of aromatic nitrogens is 2.